The highest BCUT2D eigenvalue weighted by molar-refractivity contribution is 6.37. The van der Waals surface area contributed by atoms with Crippen molar-refractivity contribution in [2.45, 2.75) is 0 Å². The molecule has 0 radical (unpaired) electrons. The summed E-state index contributed by atoms with van der Waals surface area (Å²) in [6.45, 7) is 0. The van der Waals surface area contributed by atoms with Gasteiger partial charge >= 0.3 is 0 Å². The third-order valence-corrected chi connectivity index (χ3v) is 7.39. The lowest BCUT2D eigenvalue weighted by atomic mass is 10.0. The average molecular weight is 558 g/mol. The van der Waals surface area contributed by atoms with Crippen molar-refractivity contribution < 1.29 is 0 Å². The zero-order valence-electron chi connectivity index (χ0n) is 21.7. The maximum Gasteiger partial charge on any atom is 0.0505 e. The van der Waals surface area contributed by atoms with E-state index in [9.17, 15) is 0 Å². The van der Waals surface area contributed by atoms with E-state index >= 15 is 0 Å². The number of hydrogen-bond acceptors (Lipinski definition) is 2. The van der Waals surface area contributed by atoms with Gasteiger partial charge in [-0.25, -0.2) is 0 Å². The number of benzene rings is 6. The van der Waals surface area contributed by atoms with E-state index < -0.39 is 0 Å². The molecule has 4 heteroatoms. The highest BCUT2D eigenvalue weighted by Crippen LogP contribution is 2.42. The molecule has 6 rings (SSSR count). The van der Waals surface area contributed by atoms with Gasteiger partial charge in [0, 0.05) is 45.3 Å². The third-order valence-electron chi connectivity index (χ3n) is 6.77. The predicted molar refractivity (Wildman–Crippen MR) is 171 cm³/mol. The number of hydrogen-bond donors (Lipinski definition) is 0. The fraction of sp³-hybridized carbons (Fsp3) is 0. The molecule has 0 bridgehead atoms. The summed E-state index contributed by atoms with van der Waals surface area (Å²) in [5, 5.41) is 1.26. The van der Waals surface area contributed by atoms with Crippen LogP contribution in [0.3, 0.4) is 0 Å². The van der Waals surface area contributed by atoms with E-state index in [0.29, 0.717) is 10.0 Å². The lowest BCUT2D eigenvalue weighted by molar-refractivity contribution is 1.28. The maximum absolute atomic E-state index is 6.95. The van der Waals surface area contributed by atoms with Gasteiger partial charge in [0.1, 0.15) is 0 Å². The molecule has 6 aromatic carbocycles. The lowest BCUT2D eigenvalue weighted by Crippen LogP contribution is -2.10. The van der Waals surface area contributed by atoms with Gasteiger partial charge in [-0.15, -0.1) is 0 Å². The average Bonchev–Trinajstić information content (AvgIpc) is 3.00. The molecule has 0 heterocycles. The topological polar surface area (TPSA) is 6.48 Å². The maximum atomic E-state index is 6.95. The number of para-hydroxylation sites is 4. The minimum atomic E-state index is 0.631. The van der Waals surface area contributed by atoms with E-state index in [1.807, 2.05) is 97.1 Å². The van der Waals surface area contributed by atoms with Crippen LogP contribution in [0.25, 0.3) is 11.1 Å². The van der Waals surface area contributed by atoms with Crippen LogP contribution in [0, 0.1) is 0 Å². The molecule has 0 fully saturated rings. The van der Waals surface area contributed by atoms with E-state index in [1.54, 1.807) is 0 Å². The van der Waals surface area contributed by atoms with Gasteiger partial charge in [0.25, 0.3) is 0 Å². The van der Waals surface area contributed by atoms with Crippen molar-refractivity contribution in [3.63, 3.8) is 0 Å². The Morgan fingerprint density at radius 2 is 0.575 bits per heavy atom. The van der Waals surface area contributed by atoms with Crippen LogP contribution < -0.4 is 9.80 Å². The van der Waals surface area contributed by atoms with Gasteiger partial charge in [0.2, 0.25) is 0 Å². The van der Waals surface area contributed by atoms with Gasteiger partial charge in [0.05, 0.1) is 10.0 Å². The first-order chi connectivity index (χ1) is 19.7. The second-order valence-electron chi connectivity index (χ2n) is 9.34. The summed E-state index contributed by atoms with van der Waals surface area (Å²) in [7, 11) is 0. The molecular formula is C36H26Cl2N2. The smallest absolute Gasteiger partial charge is 0.0505 e. The molecule has 0 saturated carbocycles. The van der Waals surface area contributed by atoms with Gasteiger partial charge in [-0.2, -0.15) is 0 Å². The van der Waals surface area contributed by atoms with Gasteiger partial charge in [0.15, 0.2) is 0 Å². The highest BCUT2D eigenvalue weighted by Gasteiger charge is 2.17. The number of nitrogens with zero attached hydrogens (tertiary/aromatic N) is 2. The minimum absolute atomic E-state index is 0.631. The molecule has 0 aliphatic carbocycles. The van der Waals surface area contributed by atoms with Crippen molar-refractivity contribution in [3.8, 4) is 11.1 Å². The summed E-state index contributed by atoms with van der Waals surface area (Å²) in [6, 6.07) is 53.4. The summed E-state index contributed by atoms with van der Waals surface area (Å²) >= 11 is 13.9. The van der Waals surface area contributed by atoms with Gasteiger partial charge < -0.3 is 9.80 Å². The molecular weight excluding hydrogens is 531 g/mol. The second kappa shape index (κ2) is 11.7. The summed E-state index contributed by atoms with van der Waals surface area (Å²) in [4.78, 5) is 4.38. The molecule has 0 spiro atoms. The molecule has 0 N–H and O–H groups in total. The van der Waals surface area contributed by atoms with E-state index in [-0.39, 0.29) is 0 Å². The molecule has 0 atom stereocenters. The first kappa shape index (κ1) is 25.8. The summed E-state index contributed by atoms with van der Waals surface area (Å²) < 4.78 is 0. The van der Waals surface area contributed by atoms with E-state index in [0.717, 1.165) is 45.3 Å². The zero-order chi connectivity index (χ0) is 27.3. The van der Waals surface area contributed by atoms with Crippen molar-refractivity contribution >= 4 is 57.3 Å². The first-order valence-electron chi connectivity index (χ1n) is 13.1. The van der Waals surface area contributed by atoms with Crippen molar-refractivity contribution in [1.29, 1.82) is 0 Å². The molecule has 0 aliphatic heterocycles. The van der Waals surface area contributed by atoms with E-state index in [4.69, 9.17) is 23.2 Å². The number of anilines is 6. The van der Waals surface area contributed by atoms with Crippen LogP contribution in [0.15, 0.2) is 158 Å². The minimum Gasteiger partial charge on any atom is -0.310 e. The predicted octanol–water partition coefficient (Wildman–Crippen LogP) is 11.6. The largest absolute Gasteiger partial charge is 0.310 e. The Balaban J connectivity index is 1.38. The van der Waals surface area contributed by atoms with Crippen LogP contribution >= 0.6 is 23.2 Å². The molecule has 0 aliphatic rings. The Bertz CT molecular complexity index is 1500. The Morgan fingerprint density at radius 3 is 0.825 bits per heavy atom. The Hall–Kier alpha value is -4.50. The van der Waals surface area contributed by atoms with Gasteiger partial charge in [-0.1, -0.05) is 108 Å². The fourth-order valence-corrected chi connectivity index (χ4v) is 5.48. The highest BCUT2D eigenvalue weighted by atomic mass is 35.5. The molecule has 194 valence electrons. The molecule has 0 saturated heterocycles. The molecule has 0 unspecified atom stereocenters. The Kier molecular flexibility index (Phi) is 7.54. The molecule has 40 heavy (non-hydrogen) atoms. The summed E-state index contributed by atoms with van der Waals surface area (Å²) in [5.41, 5.74) is 7.94. The SMILES string of the molecule is Clc1cc(N(c2ccccc2)c2ccccc2)ccc1-c1ccc(N(c2ccccc2)c2ccccc2)cc1Cl. The van der Waals surface area contributed by atoms with Crippen molar-refractivity contribution in [1.82, 2.24) is 0 Å². The Morgan fingerprint density at radius 1 is 0.300 bits per heavy atom. The quantitative estimate of drug-likeness (QED) is 0.193. The molecule has 0 aromatic heterocycles. The monoisotopic (exact) mass is 556 g/mol. The van der Waals surface area contributed by atoms with Crippen LogP contribution in [0.2, 0.25) is 10.0 Å². The van der Waals surface area contributed by atoms with Gasteiger partial charge in [-0.3, -0.25) is 0 Å². The van der Waals surface area contributed by atoms with Crippen LogP contribution in [0.4, 0.5) is 34.1 Å². The number of halogens is 2. The van der Waals surface area contributed by atoms with Crippen molar-refractivity contribution in [2.75, 3.05) is 9.80 Å². The van der Waals surface area contributed by atoms with Crippen LogP contribution in [0.5, 0.6) is 0 Å². The molecule has 0 amide bonds. The van der Waals surface area contributed by atoms with Crippen LogP contribution in [-0.2, 0) is 0 Å². The summed E-state index contributed by atoms with van der Waals surface area (Å²) in [6.07, 6.45) is 0. The molecule has 6 aromatic rings. The van der Waals surface area contributed by atoms with E-state index in [1.165, 1.54) is 0 Å². The first-order valence-corrected chi connectivity index (χ1v) is 13.8. The normalized spacial score (nSPS) is 10.8. The summed E-state index contributed by atoms with van der Waals surface area (Å²) in [5.74, 6) is 0. The van der Waals surface area contributed by atoms with Crippen LogP contribution in [-0.4, -0.2) is 0 Å². The second-order valence-corrected chi connectivity index (χ2v) is 10.2. The van der Waals surface area contributed by atoms with E-state index in [2.05, 4.69) is 70.5 Å². The van der Waals surface area contributed by atoms with Crippen molar-refractivity contribution in [2.24, 2.45) is 0 Å². The standard InChI is InChI=1S/C36H26Cl2N2/c37-35-25-31(39(27-13-5-1-6-14-27)28-15-7-2-8-16-28)21-23-33(35)34-24-22-32(26-36(34)38)40(29-17-9-3-10-18-29)30-19-11-4-12-20-30/h1-26H. The lowest BCUT2D eigenvalue weighted by Gasteiger charge is -2.27. The fourth-order valence-electron chi connectivity index (χ4n) is 4.93. The number of rotatable bonds is 7. The third kappa shape index (κ3) is 5.33. The zero-order valence-corrected chi connectivity index (χ0v) is 23.2. The van der Waals surface area contributed by atoms with Gasteiger partial charge in [-0.05, 0) is 72.8 Å². The van der Waals surface area contributed by atoms with Crippen LogP contribution in [0.1, 0.15) is 0 Å². The molecule has 2 nitrogen and oxygen atoms in total. The Labute approximate surface area is 245 Å². The van der Waals surface area contributed by atoms with Crippen molar-refractivity contribution in [3.05, 3.63) is 168 Å².